The largest absolute Gasteiger partial charge is 0.495 e. The first-order valence-electron chi connectivity index (χ1n) is 12.3. The Bertz CT molecular complexity index is 1010. The van der Waals surface area contributed by atoms with Gasteiger partial charge >= 0.3 is 6.03 Å². The van der Waals surface area contributed by atoms with E-state index in [0.717, 1.165) is 12.0 Å². The number of hydrogen-bond acceptors (Lipinski definition) is 7. The first-order valence-corrected chi connectivity index (χ1v) is 12.3. The third kappa shape index (κ3) is 6.93. The fourth-order valence-electron chi connectivity index (χ4n) is 4.68. The molecule has 2 aliphatic rings. The molecule has 36 heavy (non-hydrogen) atoms. The van der Waals surface area contributed by atoms with Crippen molar-refractivity contribution in [2.75, 3.05) is 38.7 Å². The molecule has 1 aromatic heterocycles. The van der Waals surface area contributed by atoms with Crippen LogP contribution in [0.25, 0.3) is 0 Å². The number of para-hydroxylation sites is 2. The second kappa shape index (κ2) is 12.7. The molecule has 194 valence electrons. The molecule has 10 heteroatoms. The molecule has 2 aliphatic heterocycles. The second-order valence-electron chi connectivity index (χ2n) is 9.07. The highest BCUT2D eigenvalue weighted by Crippen LogP contribution is 2.29. The summed E-state index contributed by atoms with van der Waals surface area (Å²) in [5.74, 6) is 0.480. The summed E-state index contributed by atoms with van der Waals surface area (Å²) in [6, 6.07) is 10.4. The number of nitrogens with zero attached hydrogens (tertiary/aromatic N) is 2. The van der Waals surface area contributed by atoms with Crippen LogP contribution in [0.2, 0.25) is 0 Å². The van der Waals surface area contributed by atoms with Crippen LogP contribution in [0.15, 0.2) is 48.8 Å². The second-order valence-corrected chi connectivity index (χ2v) is 9.07. The Hall–Kier alpha value is -3.21. The number of β-amino-alcohol motifs (C(OH)–C–C–N with tert-alkyl or cyclic N) is 1. The average molecular weight is 499 g/mol. The summed E-state index contributed by atoms with van der Waals surface area (Å²) in [6.45, 7) is 0.997. The molecule has 0 aliphatic carbocycles. The van der Waals surface area contributed by atoms with Gasteiger partial charge in [-0.05, 0) is 49.1 Å². The van der Waals surface area contributed by atoms with Crippen LogP contribution in [0.3, 0.4) is 0 Å². The van der Waals surface area contributed by atoms with Crippen LogP contribution >= 0.6 is 0 Å². The lowest BCUT2D eigenvalue weighted by Gasteiger charge is -2.44. The fraction of sp³-hybridized carbons (Fsp3) is 0.500. The lowest BCUT2D eigenvalue weighted by Crippen LogP contribution is -2.58. The van der Waals surface area contributed by atoms with Crippen molar-refractivity contribution in [2.45, 2.75) is 50.0 Å². The fourth-order valence-corrected chi connectivity index (χ4v) is 4.68. The lowest BCUT2D eigenvalue weighted by atomic mass is 9.95. The zero-order valence-electron chi connectivity index (χ0n) is 20.5. The number of methoxy groups -OCH3 is 1. The van der Waals surface area contributed by atoms with Crippen LogP contribution < -0.4 is 15.4 Å². The van der Waals surface area contributed by atoms with Gasteiger partial charge < -0.3 is 34.9 Å². The van der Waals surface area contributed by atoms with Gasteiger partial charge in [-0.15, -0.1) is 0 Å². The standard InChI is InChI=1S/C26H34N4O6/c1-34-23-5-3-2-4-21(23)29-26(33)30-15-19(31)16-35-17-24-22(30)7-6-20(36-24)14-25(32)28-13-10-18-8-11-27-12-9-18/h2-5,8-9,11-12,19-20,22,24,31H,6-7,10,13-17H2,1H3,(H,28,32)(H,29,33)/t19-,20-,22+,24-/m1/s1. The summed E-state index contributed by atoms with van der Waals surface area (Å²) in [4.78, 5) is 31.4. The van der Waals surface area contributed by atoms with Crippen LogP contribution in [0.4, 0.5) is 10.5 Å². The van der Waals surface area contributed by atoms with Gasteiger partial charge in [0.05, 0.1) is 57.2 Å². The number of aromatic nitrogens is 1. The van der Waals surface area contributed by atoms with Crippen LogP contribution in [0.5, 0.6) is 5.75 Å². The van der Waals surface area contributed by atoms with Gasteiger partial charge in [0.25, 0.3) is 0 Å². The molecule has 2 fully saturated rings. The minimum Gasteiger partial charge on any atom is -0.495 e. The van der Waals surface area contributed by atoms with Crippen LogP contribution in [0.1, 0.15) is 24.8 Å². The van der Waals surface area contributed by atoms with Crippen molar-refractivity contribution in [1.29, 1.82) is 0 Å². The van der Waals surface area contributed by atoms with Gasteiger partial charge in [-0.1, -0.05) is 12.1 Å². The molecule has 2 aromatic rings. The monoisotopic (exact) mass is 498 g/mol. The maximum absolute atomic E-state index is 13.3. The number of benzene rings is 1. The third-order valence-corrected chi connectivity index (χ3v) is 6.49. The molecule has 1 aromatic carbocycles. The molecule has 0 bridgehead atoms. The van der Waals surface area contributed by atoms with Gasteiger partial charge in [0, 0.05) is 18.9 Å². The summed E-state index contributed by atoms with van der Waals surface area (Å²) in [5.41, 5.74) is 1.66. The highest BCUT2D eigenvalue weighted by Gasteiger charge is 2.40. The number of amides is 3. The van der Waals surface area contributed by atoms with Crippen molar-refractivity contribution in [1.82, 2.24) is 15.2 Å². The first-order chi connectivity index (χ1) is 17.5. The molecule has 0 spiro atoms. The van der Waals surface area contributed by atoms with E-state index in [1.807, 2.05) is 24.3 Å². The van der Waals surface area contributed by atoms with Gasteiger partial charge in [-0.3, -0.25) is 9.78 Å². The smallest absolute Gasteiger partial charge is 0.322 e. The van der Waals surface area contributed by atoms with Crippen molar-refractivity contribution < 1.29 is 28.9 Å². The summed E-state index contributed by atoms with van der Waals surface area (Å²) in [6.07, 6.45) is 4.23. The van der Waals surface area contributed by atoms with E-state index in [2.05, 4.69) is 15.6 Å². The molecule has 0 radical (unpaired) electrons. The number of urea groups is 1. The number of fused-ring (bicyclic) bond motifs is 1. The Labute approximate surface area is 210 Å². The number of aliphatic hydroxyl groups is 1. The number of ether oxygens (including phenoxy) is 3. The predicted molar refractivity (Wildman–Crippen MR) is 133 cm³/mol. The average Bonchev–Trinajstić information content (AvgIpc) is 2.87. The molecule has 0 saturated carbocycles. The SMILES string of the molecule is COc1ccccc1NC(=O)N1C[C@@H](O)COC[C@H]2O[C@@H](CC(=O)NCCc3ccncc3)CC[C@@H]21. The zero-order chi connectivity index (χ0) is 25.3. The first kappa shape index (κ1) is 25.9. The Morgan fingerprint density at radius 1 is 1.17 bits per heavy atom. The minimum absolute atomic E-state index is 0.0690. The number of carbonyl (C=O) groups excluding carboxylic acids is 2. The summed E-state index contributed by atoms with van der Waals surface area (Å²) in [7, 11) is 1.54. The number of anilines is 1. The summed E-state index contributed by atoms with van der Waals surface area (Å²) < 4.78 is 17.2. The van der Waals surface area contributed by atoms with Crippen molar-refractivity contribution in [2.24, 2.45) is 0 Å². The lowest BCUT2D eigenvalue weighted by molar-refractivity contribution is -0.149. The molecule has 4 atom stereocenters. The van der Waals surface area contributed by atoms with E-state index in [-0.39, 0.29) is 50.3 Å². The molecular weight excluding hydrogens is 464 g/mol. The molecule has 2 saturated heterocycles. The van der Waals surface area contributed by atoms with E-state index in [4.69, 9.17) is 14.2 Å². The number of carbonyl (C=O) groups is 2. The summed E-state index contributed by atoms with van der Waals surface area (Å²) in [5, 5.41) is 16.2. The van der Waals surface area contributed by atoms with Crippen LogP contribution in [-0.2, 0) is 20.7 Å². The molecule has 0 unspecified atom stereocenters. The zero-order valence-corrected chi connectivity index (χ0v) is 20.5. The van der Waals surface area contributed by atoms with Crippen molar-refractivity contribution in [3.05, 3.63) is 54.4 Å². The van der Waals surface area contributed by atoms with E-state index in [0.29, 0.717) is 30.8 Å². The van der Waals surface area contributed by atoms with Crippen LogP contribution in [-0.4, -0.2) is 84.7 Å². The minimum atomic E-state index is -0.807. The van der Waals surface area contributed by atoms with Crippen molar-refractivity contribution >= 4 is 17.6 Å². The number of nitrogens with one attached hydrogen (secondary N) is 2. The van der Waals surface area contributed by atoms with E-state index in [9.17, 15) is 14.7 Å². The van der Waals surface area contributed by atoms with E-state index < -0.39 is 12.2 Å². The maximum Gasteiger partial charge on any atom is 0.322 e. The molecule has 3 amide bonds. The maximum atomic E-state index is 13.3. The van der Waals surface area contributed by atoms with E-state index in [1.165, 1.54) is 0 Å². The molecular formula is C26H34N4O6. The van der Waals surface area contributed by atoms with E-state index >= 15 is 0 Å². The molecule has 10 nitrogen and oxygen atoms in total. The van der Waals surface area contributed by atoms with Crippen molar-refractivity contribution in [3.8, 4) is 5.75 Å². The van der Waals surface area contributed by atoms with Gasteiger partial charge in [0.2, 0.25) is 5.91 Å². The van der Waals surface area contributed by atoms with Crippen molar-refractivity contribution in [3.63, 3.8) is 0 Å². The van der Waals surface area contributed by atoms with Gasteiger partial charge in [0.15, 0.2) is 0 Å². The Morgan fingerprint density at radius 3 is 2.78 bits per heavy atom. The van der Waals surface area contributed by atoms with Gasteiger partial charge in [0.1, 0.15) is 11.9 Å². The van der Waals surface area contributed by atoms with Crippen LogP contribution in [0, 0.1) is 0 Å². The predicted octanol–water partition coefficient (Wildman–Crippen LogP) is 1.98. The molecule has 3 heterocycles. The highest BCUT2D eigenvalue weighted by molar-refractivity contribution is 5.91. The highest BCUT2D eigenvalue weighted by atomic mass is 16.5. The molecule has 4 rings (SSSR count). The number of hydrogen-bond donors (Lipinski definition) is 3. The van der Waals surface area contributed by atoms with E-state index in [1.54, 1.807) is 36.5 Å². The Kier molecular flexibility index (Phi) is 9.10. The Balaban J connectivity index is 1.34. The quantitative estimate of drug-likeness (QED) is 0.534. The number of pyridine rings is 1. The number of rotatable bonds is 7. The topological polar surface area (TPSA) is 122 Å². The summed E-state index contributed by atoms with van der Waals surface area (Å²) >= 11 is 0. The Morgan fingerprint density at radius 2 is 1.97 bits per heavy atom. The normalized spacial score (nSPS) is 24.1. The number of aliphatic hydroxyl groups excluding tert-OH is 1. The van der Waals surface area contributed by atoms with Gasteiger partial charge in [-0.25, -0.2) is 4.79 Å². The van der Waals surface area contributed by atoms with Gasteiger partial charge in [-0.2, -0.15) is 0 Å². The molecule has 3 N–H and O–H groups in total. The third-order valence-electron chi connectivity index (χ3n) is 6.49.